The van der Waals surface area contributed by atoms with Crippen molar-refractivity contribution in [3.05, 3.63) is 23.3 Å². The number of allylic oxidation sites excluding steroid dienone is 3. The van der Waals surface area contributed by atoms with Gasteiger partial charge in [0, 0.05) is 6.08 Å². The zero-order valence-electron chi connectivity index (χ0n) is 14.3. The van der Waals surface area contributed by atoms with Crippen LogP contribution in [0.2, 0.25) is 0 Å². The highest BCUT2D eigenvalue weighted by Crippen LogP contribution is 2.38. The molecular weight excluding hydrogens is 264 g/mol. The highest BCUT2D eigenvalue weighted by atomic mass is 16.5. The molecule has 0 bridgehead atoms. The number of hydrogen-bond donors (Lipinski definition) is 1. The lowest BCUT2D eigenvalue weighted by Crippen LogP contribution is -2.45. The van der Waals surface area contributed by atoms with E-state index < -0.39 is 5.97 Å². The van der Waals surface area contributed by atoms with Crippen LogP contribution in [-0.2, 0) is 9.53 Å². The Hall–Kier alpha value is -1.09. The van der Waals surface area contributed by atoms with Crippen LogP contribution < -0.4 is 0 Å². The summed E-state index contributed by atoms with van der Waals surface area (Å²) < 4.78 is 6.27. The molecule has 0 aromatic rings. The number of hydrogen-bond acceptors (Lipinski definition) is 2. The molecule has 0 radical (unpaired) electrons. The number of carbonyl (C=O) groups is 1. The predicted molar refractivity (Wildman–Crippen MR) is 86.3 cm³/mol. The average molecular weight is 294 g/mol. The molecule has 1 rings (SSSR count). The fourth-order valence-electron chi connectivity index (χ4n) is 2.88. The Morgan fingerprint density at radius 1 is 1.29 bits per heavy atom. The lowest BCUT2D eigenvalue weighted by atomic mass is 9.78. The van der Waals surface area contributed by atoms with E-state index in [4.69, 9.17) is 9.84 Å². The van der Waals surface area contributed by atoms with Crippen molar-refractivity contribution >= 4 is 5.97 Å². The van der Waals surface area contributed by atoms with Gasteiger partial charge in [-0.25, -0.2) is 4.79 Å². The van der Waals surface area contributed by atoms with Gasteiger partial charge in [0.2, 0.25) is 0 Å². The monoisotopic (exact) mass is 294 g/mol. The fourth-order valence-corrected chi connectivity index (χ4v) is 2.88. The van der Waals surface area contributed by atoms with Crippen LogP contribution in [0.3, 0.4) is 0 Å². The molecule has 0 aromatic heterocycles. The van der Waals surface area contributed by atoms with E-state index in [0.717, 1.165) is 24.0 Å². The minimum absolute atomic E-state index is 0.0466. The molecular formula is C18H30O3. The summed E-state index contributed by atoms with van der Waals surface area (Å²) in [7, 11) is 0. The Morgan fingerprint density at radius 2 is 1.90 bits per heavy atom. The normalized spacial score (nSPS) is 30.3. The van der Waals surface area contributed by atoms with Gasteiger partial charge in [0.1, 0.15) is 0 Å². The van der Waals surface area contributed by atoms with Crippen molar-refractivity contribution < 1.29 is 14.6 Å². The van der Waals surface area contributed by atoms with E-state index in [9.17, 15) is 4.79 Å². The zero-order valence-corrected chi connectivity index (χ0v) is 14.3. The molecule has 1 saturated heterocycles. The van der Waals surface area contributed by atoms with E-state index in [-0.39, 0.29) is 5.60 Å². The van der Waals surface area contributed by atoms with Crippen molar-refractivity contribution in [2.24, 2.45) is 11.8 Å². The van der Waals surface area contributed by atoms with Gasteiger partial charge in [0.25, 0.3) is 0 Å². The Labute approximate surface area is 129 Å². The molecule has 3 heteroatoms. The third kappa shape index (κ3) is 5.31. The Balaban J connectivity index is 2.57. The summed E-state index contributed by atoms with van der Waals surface area (Å²) in [6.07, 6.45) is 6.80. The Kier molecular flexibility index (Phi) is 6.21. The number of ether oxygens (including phenoxy) is 1. The summed E-state index contributed by atoms with van der Waals surface area (Å²) in [6, 6.07) is 0. The van der Waals surface area contributed by atoms with Crippen LogP contribution in [-0.4, -0.2) is 22.8 Å². The molecule has 1 heterocycles. The van der Waals surface area contributed by atoms with Gasteiger partial charge in [-0.3, -0.25) is 0 Å². The number of carboxylic acid groups (broad SMARTS) is 1. The lowest BCUT2D eigenvalue weighted by Gasteiger charge is -2.44. The van der Waals surface area contributed by atoms with E-state index in [1.807, 2.05) is 13.8 Å². The maximum Gasteiger partial charge on any atom is 0.328 e. The van der Waals surface area contributed by atoms with Crippen LogP contribution in [0.15, 0.2) is 23.3 Å². The van der Waals surface area contributed by atoms with Crippen LogP contribution >= 0.6 is 0 Å². The highest BCUT2D eigenvalue weighted by Gasteiger charge is 2.38. The summed E-state index contributed by atoms with van der Waals surface area (Å²) >= 11 is 0. The van der Waals surface area contributed by atoms with Gasteiger partial charge in [-0.15, -0.1) is 0 Å². The molecule has 1 fully saturated rings. The average Bonchev–Trinajstić information content (AvgIpc) is 2.34. The third-order valence-electron chi connectivity index (χ3n) is 4.87. The molecule has 1 aliphatic rings. The van der Waals surface area contributed by atoms with Gasteiger partial charge in [0.05, 0.1) is 11.7 Å². The topological polar surface area (TPSA) is 46.5 Å². The standard InChI is InChI=1S/C18H30O3/c1-12(13(2)11-17(19)20)8-7-9-16-14(3)10-15(4)18(5,6)21-16/h8,11,14-16H,7,9-10H2,1-6H3,(H,19,20)/b12-8+,13-11+. The molecule has 1 N–H and O–H groups in total. The van der Waals surface area contributed by atoms with Crippen molar-refractivity contribution in [2.75, 3.05) is 0 Å². The predicted octanol–water partition coefficient (Wildman–Crippen LogP) is 4.58. The van der Waals surface area contributed by atoms with E-state index in [1.165, 1.54) is 12.5 Å². The van der Waals surface area contributed by atoms with Crippen LogP contribution in [0, 0.1) is 11.8 Å². The molecule has 0 aliphatic carbocycles. The van der Waals surface area contributed by atoms with E-state index in [1.54, 1.807) is 0 Å². The van der Waals surface area contributed by atoms with Crippen LogP contribution in [0.25, 0.3) is 0 Å². The molecule has 1 aliphatic heterocycles. The molecule has 0 spiro atoms. The molecule has 21 heavy (non-hydrogen) atoms. The second-order valence-corrected chi connectivity index (χ2v) is 7.00. The Morgan fingerprint density at radius 3 is 2.48 bits per heavy atom. The van der Waals surface area contributed by atoms with Gasteiger partial charge in [-0.05, 0) is 64.4 Å². The van der Waals surface area contributed by atoms with Crippen LogP contribution in [0.5, 0.6) is 0 Å². The highest BCUT2D eigenvalue weighted by molar-refractivity contribution is 5.81. The Bertz CT molecular complexity index is 432. The second-order valence-electron chi connectivity index (χ2n) is 7.00. The summed E-state index contributed by atoms with van der Waals surface area (Å²) in [5.41, 5.74) is 1.80. The van der Waals surface area contributed by atoms with Crippen molar-refractivity contribution in [3.8, 4) is 0 Å². The third-order valence-corrected chi connectivity index (χ3v) is 4.87. The smallest absolute Gasteiger partial charge is 0.328 e. The molecule has 120 valence electrons. The maximum absolute atomic E-state index is 10.7. The number of aliphatic carboxylic acids is 1. The van der Waals surface area contributed by atoms with Crippen molar-refractivity contribution in [3.63, 3.8) is 0 Å². The van der Waals surface area contributed by atoms with Gasteiger partial charge >= 0.3 is 5.97 Å². The molecule has 0 aromatic carbocycles. The largest absolute Gasteiger partial charge is 0.478 e. The van der Waals surface area contributed by atoms with Crippen LogP contribution in [0.1, 0.15) is 60.8 Å². The number of rotatable bonds is 5. The first-order valence-corrected chi connectivity index (χ1v) is 7.89. The van der Waals surface area contributed by atoms with E-state index in [2.05, 4.69) is 33.8 Å². The molecule has 3 nitrogen and oxygen atoms in total. The number of carboxylic acids is 1. The molecule has 3 unspecified atom stereocenters. The summed E-state index contributed by atoms with van der Waals surface area (Å²) in [5.74, 6) is 0.277. The summed E-state index contributed by atoms with van der Waals surface area (Å²) in [4.78, 5) is 10.7. The van der Waals surface area contributed by atoms with Gasteiger partial charge in [-0.1, -0.05) is 25.5 Å². The maximum atomic E-state index is 10.7. The zero-order chi connectivity index (χ0) is 16.2. The minimum Gasteiger partial charge on any atom is -0.478 e. The SMILES string of the molecule is CC(=C\CCC1OC(C)(C)C(C)CC1C)/C(C)=C/C(=O)O. The fraction of sp³-hybridized carbons (Fsp3) is 0.722. The molecule has 0 saturated carbocycles. The van der Waals surface area contributed by atoms with E-state index >= 15 is 0 Å². The second kappa shape index (κ2) is 7.26. The van der Waals surface area contributed by atoms with Gasteiger partial charge in [0.15, 0.2) is 0 Å². The van der Waals surface area contributed by atoms with Gasteiger partial charge in [-0.2, -0.15) is 0 Å². The minimum atomic E-state index is -0.889. The van der Waals surface area contributed by atoms with Gasteiger partial charge < -0.3 is 9.84 Å². The van der Waals surface area contributed by atoms with Crippen LogP contribution in [0.4, 0.5) is 0 Å². The van der Waals surface area contributed by atoms with Crippen molar-refractivity contribution in [1.82, 2.24) is 0 Å². The van der Waals surface area contributed by atoms with Crippen molar-refractivity contribution in [2.45, 2.75) is 72.5 Å². The van der Waals surface area contributed by atoms with Crippen molar-refractivity contribution in [1.29, 1.82) is 0 Å². The molecule has 0 amide bonds. The molecule has 3 atom stereocenters. The lowest BCUT2D eigenvalue weighted by molar-refractivity contribution is -0.161. The quantitative estimate of drug-likeness (QED) is 0.596. The summed E-state index contributed by atoms with van der Waals surface area (Å²) in [5, 5.41) is 8.76. The van der Waals surface area contributed by atoms with E-state index in [0.29, 0.717) is 17.9 Å². The first-order chi connectivity index (χ1) is 9.63. The first-order valence-electron chi connectivity index (χ1n) is 7.89. The summed E-state index contributed by atoms with van der Waals surface area (Å²) in [6.45, 7) is 12.7. The first kappa shape index (κ1) is 18.0.